The molecule has 6 nitrogen and oxygen atoms in total. The van der Waals surface area contributed by atoms with Crippen LogP contribution in [0.4, 0.5) is 5.69 Å². The Morgan fingerprint density at radius 3 is 2.73 bits per heavy atom. The van der Waals surface area contributed by atoms with E-state index in [9.17, 15) is 4.79 Å². The van der Waals surface area contributed by atoms with E-state index < -0.39 is 0 Å². The minimum absolute atomic E-state index is 0.118. The van der Waals surface area contributed by atoms with Gasteiger partial charge in [-0.05, 0) is 42.0 Å². The highest BCUT2D eigenvalue weighted by Gasteiger charge is 2.29. The maximum absolute atomic E-state index is 11.7. The molecule has 1 aliphatic heterocycles. The molecule has 30 heavy (non-hydrogen) atoms. The van der Waals surface area contributed by atoms with E-state index in [0.717, 1.165) is 42.6 Å². The van der Waals surface area contributed by atoms with Gasteiger partial charge in [-0.15, -0.1) is 5.10 Å². The number of benzene rings is 2. The topological polar surface area (TPSA) is 72.2 Å². The largest absolute Gasteiger partial charge is 0.353 e. The normalized spacial score (nSPS) is 19.8. The summed E-state index contributed by atoms with van der Waals surface area (Å²) in [6.45, 7) is 1.89. The van der Waals surface area contributed by atoms with Gasteiger partial charge in [0.1, 0.15) is 0 Å². The van der Waals surface area contributed by atoms with Crippen molar-refractivity contribution in [1.82, 2.24) is 20.3 Å². The number of fused-ring (bicyclic) bond motifs is 1. The van der Waals surface area contributed by atoms with Crippen molar-refractivity contribution in [2.24, 2.45) is 4.99 Å². The molecule has 1 aliphatic carbocycles. The predicted octanol–water partition coefficient (Wildman–Crippen LogP) is 4.49. The molecule has 0 spiro atoms. The number of nitrogens with zero attached hydrogens (tertiary/aromatic N) is 4. The van der Waals surface area contributed by atoms with Crippen LogP contribution < -0.4 is 5.32 Å². The number of hydrogen-bond acceptors (Lipinski definition) is 4. The molecule has 2 aliphatic rings. The number of carbonyl (C=O) groups excluding carboxylic acids is 1. The standard InChI is InChI=1S/C24H25N5O/c1-2-24(30)27-20-9-10-21(14-20)29-23(15-26-28-29)18-6-3-16(4-7-18)19-8-5-17-11-12-25-22(17)13-19/h3-8,12-13,15,20-21H,2,9-11,14H2,1H3,(H,27,30)/t20-,21+/m0/s1. The highest BCUT2D eigenvalue weighted by Crippen LogP contribution is 2.34. The van der Waals surface area contributed by atoms with Gasteiger partial charge in [-0.25, -0.2) is 4.68 Å². The quantitative estimate of drug-likeness (QED) is 0.687. The molecule has 1 saturated carbocycles. The Balaban J connectivity index is 1.34. The van der Waals surface area contributed by atoms with Crippen molar-refractivity contribution in [3.05, 3.63) is 54.2 Å². The van der Waals surface area contributed by atoms with Crippen LogP contribution in [0.2, 0.25) is 0 Å². The number of amides is 1. The Hall–Kier alpha value is -3.28. The summed E-state index contributed by atoms with van der Waals surface area (Å²) >= 11 is 0. The average molecular weight is 399 g/mol. The van der Waals surface area contributed by atoms with Gasteiger partial charge in [-0.1, -0.05) is 48.5 Å². The van der Waals surface area contributed by atoms with Crippen LogP contribution in [-0.4, -0.2) is 33.2 Å². The molecule has 6 heteroatoms. The SMILES string of the molecule is CCC(=O)N[C@H]1CC[C@@H](n2nncc2-c2ccc(-c3ccc4c(c3)N=CC4)cc2)C1. The lowest BCUT2D eigenvalue weighted by Gasteiger charge is -2.15. The van der Waals surface area contributed by atoms with Crippen LogP contribution in [-0.2, 0) is 11.2 Å². The number of hydrogen-bond donors (Lipinski definition) is 1. The first-order valence-corrected chi connectivity index (χ1v) is 10.7. The van der Waals surface area contributed by atoms with Crippen LogP contribution in [0, 0.1) is 0 Å². The number of nitrogens with one attached hydrogen (secondary N) is 1. The fraction of sp³-hybridized carbons (Fsp3) is 0.333. The fourth-order valence-corrected chi connectivity index (χ4v) is 4.47. The Bertz CT molecular complexity index is 1100. The molecule has 0 bridgehead atoms. The Kier molecular flexibility index (Phi) is 4.91. The second kappa shape index (κ2) is 7.86. The molecular weight excluding hydrogens is 374 g/mol. The van der Waals surface area contributed by atoms with Gasteiger partial charge in [0.2, 0.25) is 5.91 Å². The average Bonchev–Trinajstić information content (AvgIpc) is 3.53. The smallest absolute Gasteiger partial charge is 0.219 e. The van der Waals surface area contributed by atoms with Crippen molar-refractivity contribution in [2.75, 3.05) is 0 Å². The molecule has 2 aromatic carbocycles. The Labute approximate surface area is 176 Å². The molecule has 152 valence electrons. The lowest BCUT2D eigenvalue weighted by molar-refractivity contribution is -0.121. The Morgan fingerprint density at radius 2 is 1.90 bits per heavy atom. The molecular formula is C24H25N5O. The zero-order valence-electron chi connectivity index (χ0n) is 17.1. The zero-order chi connectivity index (χ0) is 20.5. The first-order chi connectivity index (χ1) is 14.7. The third kappa shape index (κ3) is 3.54. The van der Waals surface area contributed by atoms with Crippen LogP contribution in [0.1, 0.15) is 44.2 Å². The molecule has 0 saturated heterocycles. The van der Waals surface area contributed by atoms with Crippen LogP contribution in [0.3, 0.4) is 0 Å². The maximum atomic E-state index is 11.7. The molecule has 2 heterocycles. The molecule has 0 unspecified atom stereocenters. The molecule has 1 fully saturated rings. The maximum Gasteiger partial charge on any atom is 0.219 e. The first kappa shape index (κ1) is 18.7. The van der Waals surface area contributed by atoms with Crippen molar-refractivity contribution < 1.29 is 4.79 Å². The van der Waals surface area contributed by atoms with Gasteiger partial charge in [0, 0.05) is 30.7 Å². The van der Waals surface area contributed by atoms with Crippen molar-refractivity contribution in [2.45, 2.75) is 51.1 Å². The van der Waals surface area contributed by atoms with E-state index in [-0.39, 0.29) is 18.0 Å². The summed E-state index contributed by atoms with van der Waals surface area (Å²) < 4.78 is 2.03. The minimum Gasteiger partial charge on any atom is -0.353 e. The Morgan fingerprint density at radius 1 is 1.10 bits per heavy atom. The summed E-state index contributed by atoms with van der Waals surface area (Å²) in [6, 6.07) is 15.5. The van der Waals surface area contributed by atoms with E-state index in [2.05, 4.69) is 63.1 Å². The zero-order valence-corrected chi connectivity index (χ0v) is 17.1. The van der Waals surface area contributed by atoms with E-state index >= 15 is 0 Å². The van der Waals surface area contributed by atoms with Gasteiger partial charge in [0.25, 0.3) is 0 Å². The van der Waals surface area contributed by atoms with Gasteiger partial charge in [-0.3, -0.25) is 9.79 Å². The van der Waals surface area contributed by atoms with E-state index in [4.69, 9.17) is 0 Å². The van der Waals surface area contributed by atoms with Gasteiger partial charge in [0.05, 0.1) is 23.6 Å². The highest BCUT2D eigenvalue weighted by molar-refractivity contribution is 5.80. The monoisotopic (exact) mass is 399 g/mol. The van der Waals surface area contributed by atoms with Crippen LogP contribution in [0.15, 0.2) is 53.7 Å². The molecule has 0 radical (unpaired) electrons. The van der Waals surface area contributed by atoms with E-state index in [1.807, 2.05) is 24.0 Å². The summed E-state index contributed by atoms with van der Waals surface area (Å²) in [5, 5.41) is 11.7. The van der Waals surface area contributed by atoms with Crippen LogP contribution in [0.5, 0.6) is 0 Å². The second-order valence-corrected chi connectivity index (χ2v) is 8.09. The molecule has 1 aromatic heterocycles. The molecule has 5 rings (SSSR count). The molecule has 1 N–H and O–H groups in total. The summed E-state index contributed by atoms with van der Waals surface area (Å²) in [7, 11) is 0. The van der Waals surface area contributed by atoms with Gasteiger partial charge in [-0.2, -0.15) is 0 Å². The lowest BCUT2D eigenvalue weighted by Crippen LogP contribution is -2.32. The number of carbonyl (C=O) groups is 1. The number of aromatic nitrogens is 3. The molecule has 1 amide bonds. The van der Waals surface area contributed by atoms with E-state index in [1.54, 1.807) is 0 Å². The number of rotatable bonds is 5. The number of aliphatic imine (C=N–C) groups is 1. The molecule has 2 atom stereocenters. The van der Waals surface area contributed by atoms with Gasteiger partial charge < -0.3 is 5.32 Å². The highest BCUT2D eigenvalue weighted by atomic mass is 16.1. The van der Waals surface area contributed by atoms with Gasteiger partial charge in [0.15, 0.2) is 0 Å². The van der Waals surface area contributed by atoms with E-state index in [0.29, 0.717) is 6.42 Å². The van der Waals surface area contributed by atoms with E-state index in [1.165, 1.54) is 16.7 Å². The van der Waals surface area contributed by atoms with Crippen molar-refractivity contribution in [3.63, 3.8) is 0 Å². The van der Waals surface area contributed by atoms with Crippen molar-refractivity contribution in [1.29, 1.82) is 0 Å². The third-order valence-corrected chi connectivity index (χ3v) is 6.15. The van der Waals surface area contributed by atoms with Crippen LogP contribution >= 0.6 is 0 Å². The third-order valence-electron chi connectivity index (χ3n) is 6.15. The second-order valence-electron chi connectivity index (χ2n) is 8.09. The fourth-order valence-electron chi connectivity index (χ4n) is 4.47. The molecule has 3 aromatic rings. The van der Waals surface area contributed by atoms with Crippen molar-refractivity contribution in [3.8, 4) is 22.4 Å². The predicted molar refractivity (Wildman–Crippen MR) is 118 cm³/mol. The first-order valence-electron chi connectivity index (χ1n) is 10.7. The summed E-state index contributed by atoms with van der Waals surface area (Å²) in [6.07, 6.45) is 8.13. The minimum atomic E-state index is 0.118. The van der Waals surface area contributed by atoms with Crippen molar-refractivity contribution >= 4 is 17.8 Å². The van der Waals surface area contributed by atoms with Crippen LogP contribution in [0.25, 0.3) is 22.4 Å². The van der Waals surface area contributed by atoms with Gasteiger partial charge >= 0.3 is 0 Å². The summed E-state index contributed by atoms with van der Waals surface area (Å²) in [5.41, 5.74) is 6.83. The summed E-state index contributed by atoms with van der Waals surface area (Å²) in [5.74, 6) is 0.118. The lowest BCUT2D eigenvalue weighted by atomic mass is 10.0. The summed E-state index contributed by atoms with van der Waals surface area (Å²) in [4.78, 5) is 16.2.